The second-order valence-electron chi connectivity index (χ2n) is 6.18. The van der Waals surface area contributed by atoms with E-state index in [0.717, 1.165) is 67.3 Å². The first kappa shape index (κ1) is 16.1. The number of benzene rings is 1. The lowest BCUT2D eigenvalue weighted by atomic mass is 10.2. The largest absolute Gasteiger partial charge is 0.353 e. The van der Waals surface area contributed by atoms with Crippen LogP contribution in [0.25, 0.3) is 22.3 Å². The van der Waals surface area contributed by atoms with Crippen LogP contribution in [0.2, 0.25) is 0 Å². The molecule has 0 unspecified atom stereocenters. The van der Waals surface area contributed by atoms with E-state index in [-0.39, 0.29) is 0 Å². The van der Waals surface area contributed by atoms with Gasteiger partial charge in [0.1, 0.15) is 5.82 Å². The molecule has 0 aliphatic carbocycles. The van der Waals surface area contributed by atoms with Crippen molar-refractivity contribution in [2.75, 3.05) is 37.6 Å². The van der Waals surface area contributed by atoms with Gasteiger partial charge in [0, 0.05) is 55.5 Å². The summed E-state index contributed by atoms with van der Waals surface area (Å²) in [6, 6.07) is 10.4. The highest BCUT2D eigenvalue weighted by Gasteiger charge is 2.20. The number of fused-ring (bicyclic) bond motifs is 1. The molecule has 4 nitrogen and oxygen atoms in total. The number of piperazine rings is 1. The zero-order chi connectivity index (χ0) is 17.1. The molecule has 1 saturated heterocycles. The molecule has 1 aliphatic heterocycles. The van der Waals surface area contributed by atoms with Crippen molar-refractivity contribution in [1.82, 2.24) is 14.9 Å². The predicted molar refractivity (Wildman–Crippen MR) is 105 cm³/mol. The van der Waals surface area contributed by atoms with Crippen molar-refractivity contribution in [3.63, 3.8) is 0 Å². The average Bonchev–Trinajstić information content (AvgIpc) is 3.21. The highest BCUT2D eigenvalue weighted by Crippen LogP contribution is 2.29. The molecule has 126 valence electrons. The quantitative estimate of drug-likeness (QED) is 0.676. The SMILES string of the molecule is C#CCCN1CCN(c2nc(-c3ccsc3)nc3ccccc23)CC1. The van der Waals surface area contributed by atoms with Crippen LogP contribution in [-0.4, -0.2) is 47.6 Å². The fourth-order valence-electron chi connectivity index (χ4n) is 3.23. The third-order valence-electron chi connectivity index (χ3n) is 4.61. The average molecular weight is 348 g/mol. The number of nitrogens with zero attached hydrogens (tertiary/aromatic N) is 4. The van der Waals surface area contributed by atoms with Crippen molar-refractivity contribution in [1.29, 1.82) is 0 Å². The Labute approximate surface area is 152 Å². The Kier molecular flexibility index (Phi) is 4.64. The van der Waals surface area contributed by atoms with E-state index in [1.807, 2.05) is 6.07 Å². The molecule has 1 fully saturated rings. The van der Waals surface area contributed by atoms with Gasteiger partial charge in [0.05, 0.1) is 5.52 Å². The van der Waals surface area contributed by atoms with E-state index in [0.29, 0.717) is 0 Å². The van der Waals surface area contributed by atoms with E-state index < -0.39 is 0 Å². The van der Waals surface area contributed by atoms with Gasteiger partial charge >= 0.3 is 0 Å². The molecular formula is C20H20N4S. The monoisotopic (exact) mass is 348 g/mol. The number of aromatic nitrogens is 2. The number of thiophene rings is 1. The fraction of sp³-hybridized carbons (Fsp3) is 0.300. The van der Waals surface area contributed by atoms with Gasteiger partial charge in [0.15, 0.2) is 5.82 Å². The fourth-order valence-corrected chi connectivity index (χ4v) is 3.86. The van der Waals surface area contributed by atoms with Gasteiger partial charge < -0.3 is 4.90 Å². The topological polar surface area (TPSA) is 32.3 Å². The minimum atomic E-state index is 0.810. The molecule has 0 N–H and O–H groups in total. The molecule has 5 heteroatoms. The summed E-state index contributed by atoms with van der Waals surface area (Å²) in [5.41, 5.74) is 2.09. The van der Waals surface area contributed by atoms with Gasteiger partial charge in [-0.1, -0.05) is 12.1 Å². The Balaban J connectivity index is 1.66. The Bertz CT molecular complexity index is 890. The van der Waals surface area contributed by atoms with E-state index in [9.17, 15) is 0 Å². The molecule has 0 spiro atoms. The first-order valence-corrected chi connectivity index (χ1v) is 9.49. The minimum absolute atomic E-state index is 0.810. The normalized spacial score (nSPS) is 15.4. The second-order valence-corrected chi connectivity index (χ2v) is 6.96. The lowest BCUT2D eigenvalue weighted by molar-refractivity contribution is 0.263. The van der Waals surface area contributed by atoms with Crippen LogP contribution in [0.5, 0.6) is 0 Å². The molecule has 0 atom stereocenters. The Morgan fingerprint density at radius 1 is 1.08 bits per heavy atom. The number of hydrogen-bond donors (Lipinski definition) is 0. The van der Waals surface area contributed by atoms with E-state index in [2.05, 4.69) is 50.7 Å². The van der Waals surface area contributed by atoms with Crippen molar-refractivity contribution < 1.29 is 0 Å². The summed E-state index contributed by atoms with van der Waals surface area (Å²) >= 11 is 1.67. The maximum absolute atomic E-state index is 5.39. The summed E-state index contributed by atoms with van der Waals surface area (Å²) in [7, 11) is 0. The molecule has 3 heterocycles. The molecule has 25 heavy (non-hydrogen) atoms. The molecule has 3 aromatic rings. The van der Waals surface area contributed by atoms with Crippen LogP contribution in [0.1, 0.15) is 6.42 Å². The summed E-state index contributed by atoms with van der Waals surface area (Å²) in [5, 5.41) is 5.29. The molecule has 2 aromatic heterocycles. The summed E-state index contributed by atoms with van der Waals surface area (Å²) in [6.45, 7) is 4.96. The van der Waals surface area contributed by atoms with E-state index in [4.69, 9.17) is 16.4 Å². The highest BCUT2D eigenvalue weighted by atomic mass is 32.1. The van der Waals surface area contributed by atoms with Gasteiger partial charge in [-0.3, -0.25) is 4.90 Å². The van der Waals surface area contributed by atoms with E-state index >= 15 is 0 Å². The lowest BCUT2D eigenvalue weighted by Crippen LogP contribution is -2.47. The zero-order valence-electron chi connectivity index (χ0n) is 14.1. The third kappa shape index (κ3) is 3.37. The van der Waals surface area contributed by atoms with Crippen LogP contribution in [0.4, 0.5) is 5.82 Å². The maximum atomic E-state index is 5.39. The van der Waals surface area contributed by atoms with Gasteiger partial charge in [0.25, 0.3) is 0 Å². The molecule has 0 radical (unpaired) electrons. The van der Waals surface area contributed by atoms with Crippen LogP contribution in [0.15, 0.2) is 41.1 Å². The molecule has 0 saturated carbocycles. The van der Waals surface area contributed by atoms with Crippen LogP contribution < -0.4 is 4.90 Å². The Morgan fingerprint density at radius 3 is 2.68 bits per heavy atom. The summed E-state index contributed by atoms with van der Waals surface area (Å²) in [5.74, 6) is 4.58. The first-order chi connectivity index (χ1) is 12.3. The van der Waals surface area contributed by atoms with Gasteiger partial charge in [-0.25, -0.2) is 9.97 Å². The van der Waals surface area contributed by atoms with Crippen molar-refractivity contribution in [3.8, 4) is 23.7 Å². The number of hydrogen-bond acceptors (Lipinski definition) is 5. The minimum Gasteiger partial charge on any atom is -0.353 e. The Hall–Kier alpha value is -2.42. The first-order valence-electron chi connectivity index (χ1n) is 8.55. The molecule has 4 rings (SSSR count). The maximum Gasteiger partial charge on any atom is 0.162 e. The van der Waals surface area contributed by atoms with Crippen LogP contribution in [-0.2, 0) is 0 Å². The lowest BCUT2D eigenvalue weighted by Gasteiger charge is -2.35. The smallest absolute Gasteiger partial charge is 0.162 e. The van der Waals surface area contributed by atoms with Crippen molar-refractivity contribution >= 4 is 28.1 Å². The molecule has 1 aromatic carbocycles. The zero-order valence-corrected chi connectivity index (χ0v) is 14.9. The third-order valence-corrected chi connectivity index (χ3v) is 5.29. The van der Waals surface area contributed by atoms with Crippen LogP contribution >= 0.6 is 11.3 Å². The van der Waals surface area contributed by atoms with Gasteiger partial charge in [-0.2, -0.15) is 11.3 Å². The Morgan fingerprint density at radius 2 is 1.92 bits per heavy atom. The summed E-state index contributed by atoms with van der Waals surface area (Å²) in [4.78, 5) is 14.5. The van der Waals surface area contributed by atoms with E-state index in [1.165, 1.54) is 0 Å². The van der Waals surface area contributed by atoms with Crippen molar-refractivity contribution in [2.45, 2.75) is 6.42 Å². The summed E-state index contributed by atoms with van der Waals surface area (Å²) < 4.78 is 0. The van der Waals surface area contributed by atoms with Crippen molar-refractivity contribution in [2.24, 2.45) is 0 Å². The van der Waals surface area contributed by atoms with Gasteiger partial charge in [-0.05, 0) is 23.6 Å². The van der Waals surface area contributed by atoms with Crippen LogP contribution in [0.3, 0.4) is 0 Å². The summed E-state index contributed by atoms with van der Waals surface area (Å²) in [6.07, 6.45) is 6.20. The highest BCUT2D eigenvalue weighted by molar-refractivity contribution is 7.08. The van der Waals surface area contributed by atoms with Crippen molar-refractivity contribution in [3.05, 3.63) is 41.1 Å². The second kappa shape index (κ2) is 7.22. The van der Waals surface area contributed by atoms with E-state index in [1.54, 1.807) is 11.3 Å². The predicted octanol–water partition coefficient (Wildman–Crippen LogP) is 3.50. The number of rotatable bonds is 4. The number of terminal acetylenes is 1. The molecule has 0 amide bonds. The molecular weight excluding hydrogens is 328 g/mol. The molecule has 1 aliphatic rings. The van der Waals surface area contributed by atoms with Gasteiger partial charge in [0.2, 0.25) is 0 Å². The number of para-hydroxylation sites is 1. The van der Waals surface area contributed by atoms with Crippen LogP contribution in [0, 0.1) is 12.3 Å². The molecule has 0 bridgehead atoms. The standard InChI is InChI=1S/C20H20N4S/c1-2-3-9-23-10-12-24(13-11-23)20-17-6-4-5-7-18(17)21-19(22-20)16-8-14-25-15-16/h1,4-8,14-15H,3,9-13H2. The van der Waals surface area contributed by atoms with Gasteiger partial charge in [-0.15, -0.1) is 12.3 Å². The number of anilines is 1.